The zero-order chi connectivity index (χ0) is 22.8. The van der Waals surface area contributed by atoms with E-state index in [9.17, 15) is 9.59 Å². The van der Waals surface area contributed by atoms with Crippen molar-refractivity contribution >= 4 is 22.6 Å². The summed E-state index contributed by atoms with van der Waals surface area (Å²) in [4.78, 5) is 34.8. The standard InChI is InChI=1S/C24H28N6O3/c1-2-27-13-15-28(16-14-27)12-10-26-23(31)21-8-7-18(33-21)17-30-22-19(5-3-9-25-22)29-11-4-6-20(29)24(30)32/h3-9,11H,2,10,12-17H2,1H3,(H,26,31). The van der Waals surface area contributed by atoms with Gasteiger partial charge in [-0.1, -0.05) is 6.92 Å². The minimum Gasteiger partial charge on any atom is -0.454 e. The van der Waals surface area contributed by atoms with Crippen molar-refractivity contribution in [1.29, 1.82) is 0 Å². The summed E-state index contributed by atoms with van der Waals surface area (Å²) in [6.07, 6.45) is 3.51. The van der Waals surface area contributed by atoms with Crippen LogP contribution in [0.2, 0.25) is 0 Å². The van der Waals surface area contributed by atoms with Gasteiger partial charge in [0.15, 0.2) is 11.4 Å². The molecule has 0 atom stereocenters. The van der Waals surface area contributed by atoms with Crippen molar-refractivity contribution in [3.8, 4) is 0 Å². The Kier molecular flexibility index (Phi) is 5.97. The second-order valence-electron chi connectivity index (χ2n) is 8.30. The molecule has 1 aliphatic rings. The number of nitrogens with one attached hydrogen (secondary N) is 1. The monoisotopic (exact) mass is 448 g/mol. The molecule has 9 heteroatoms. The van der Waals surface area contributed by atoms with Crippen LogP contribution in [0, 0.1) is 0 Å². The van der Waals surface area contributed by atoms with Gasteiger partial charge < -0.3 is 19.0 Å². The molecule has 0 spiro atoms. The summed E-state index contributed by atoms with van der Waals surface area (Å²) in [6, 6.07) is 10.8. The summed E-state index contributed by atoms with van der Waals surface area (Å²) >= 11 is 0. The highest BCUT2D eigenvalue weighted by atomic mass is 16.4. The average Bonchev–Trinajstić information content (AvgIpc) is 3.52. The van der Waals surface area contributed by atoms with Crippen molar-refractivity contribution in [2.45, 2.75) is 13.5 Å². The molecule has 9 nitrogen and oxygen atoms in total. The average molecular weight is 449 g/mol. The third kappa shape index (κ3) is 4.29. The van der Waals surface area contributed by atoms with Gasteiger partial charge in [-0.3, -0.25) is 19.1 Å². The number of amides is 1. The lowest BCUT2D eigenvalue weighted by Crippen LogP contribution is -2.48. The first-order valence-corrected chi connectivity index (χ1v) is 11.4. The fourth-order valence-corrected chi connectivity index (χ4v) is 4.42. The van der Waals surface area contributed by atoms with Crippen LogP contribution in [0.25, 0.3) is 16.7 Å². The largest absolute Gasteiger partial charge is 0.454 e. The van der Waals surface area contributed by atoms with Gasteiger partial charge >= 0.3 is 0 Å². The van der Waals surface area contributed by atoms with Crippen molar-refractivity contribution in [2.75, 3.05) is 45.8 Å². The van der Waals surface area contributed by atoms with E-state index in [1.807, 2.05) is 28.8 Å². The van der Waals surface area contributed by atoms with E-state index in [2.05, 4.69) is 27.0 Å². The van der Waals surface area contributed by atoms with E-state index in [1.54, 1.807) is 29.0 Å². The number of piperazine rings is 1. The molecule has 172 valence electrons. The second kappa shape index (κ2) is 9.21. The molecule has 0 aliphatic carbocycles. The normalized spacial score (nSPS) is 15.4. The molecule has 1 fully saturated rings. The maximum atomic E-state index is 13.1. The minimum absolute atomic E-state index is 0.156. The molecule has 0 saturated carbocycles. The zero-order valence-corrected chi connectivity index (χ0v) is 18.7. The third-order valence-electron chi connectivity index (χ3n) is 6.32. The first kappa shape index (κ1) is 21.4. The fraction of sp³-hybridized carbons (Fsp3) is 0.375. The van der Waals surface area contributed by atoms with Gasteiger partial charge in [-0.2, -0.15) is 0 Å². The van der Waals surface area contributed by atoms with Crippen LogP contribution in [0.5, 0.6) is 0 Å². The molecule has 1 saturated heterocycles. The molecule has 0 radical (unpaired) electrons. The van der Waals surface area contributed by atoms with E-state index in [4.69, 9.17) is 4.42 Å². The lowest BCUT2D eigenvalue weighted by Gasteiger charge is -2.33. The molecular weight excluding hydrogens is 420 g/mol. The molecule has 5 rings (SSSR count). The Balaban J connectivity index is 1.26. The number of pyridine rings is 1. The Labute approximate surface area is 191 Å². The molecule has 33 heavy (non-hydrogen) atoms. The zero-order valence-electron chi connectivity index (χ0n) is 18.7. The van der Waals surface area contributed by atoms with Crippen LogP contribution in [0.4, 0.5) is 0 Å². The predicted molar refractivity (Wildman–Crippen MR) is 126 cm³/mol. The second-order valence-corrected chi connectivity index (χ2v) is 8.30. The van der Waals surface area contributed by atoms with Gasteiger partial charge in [0.1, 0.15) is 11.3 Å². The number of fused-ring (bicyclic) bond motifs is 3. The first-order chi connectivity index (χ1) is 16.1. The molecular formula is C24H28N6O3. The van der Waals surface area contributed by atoms with Gasteiger partial charge in [0.05, 0.1) is 12.1 Å². The lowest BCUT2D eigenvalue weighted by molar-refractivity contribution is 0.0909. The third-order valence-corrected chi connectivity index (χ3v) is 6.32. The van der Waals surface area contributed by atoms with Crippen molar-refractivity contribution in [3.05, 3.63) is 70.7 Å². The van der Waals surface area contributed by atoms with Crippen LogP contribution in [0.1, 0.15) is 23.2 Å². The van der Waals surface area contributed by atoms with Gasteiger partial charge in [0.2, 0.25) is 0 Å². The van der Waals surface area contributed by atoms with E-state index < -0.39 is 0 Å². The molecule has 4 aromatic heterocycles. The lowest BCUT2D eigenvalue weighted by atomic mass is 10.3. The number of carbonyl (C=O) groups is 1. The van der Waals surface area contributed by atoms with E-state index in [0.717, 1.165) is 44.8 Å². The summed E-state index contributed by atoms with van der Waals surface area (Å²) in [5, 5.41) is 2.94. The number of carbonyl (C=O) groups excluding carboxylic acids is 1. The first-order valence-electron chi connectivity index (χ1n) is 11.4. The number of rotatable bonds is 7. The number of furan rings is 1. The minimum atomic E-state index is -0.245. The van der Waals surface area contributed by atoms with Crippen molar-refractivity contribution in [1.82, 2.24) is 29.1 Å². The summed E-state index contributed by atoms with van der Waals surface area (Å²) in [5.74, 6) is 0.529. The highest BCUT2D eigenvalue weighted by Gasteiger charge is 2.17. The topological polar surface area (TPSA) is 88.0 Å². The summed E-state index contributed by atoms with van der Waals surface area (Å²) in [7, 11) is 0. The number of likely N-dealkylation sites (N-methyl/N-ethyl adjacent to an activating group) is 1. The van der Waals surface area contributed by atoms with E-state index in [1.165, 1.54) is 0 Å². The highest BCUT2D eigenvalue weighted by molar-refractivity contribution is 5.91. The van der Waals surface area contributed by atoms with Gasteiger partial charge in [-0.25, -0.2) is 4.98 Å². The Hall–Kier alpha value is -3.43. The summed E-state index contributed by atoms with van der Waals surface area (Å²) < 4.78 is 9.21. The van der Waals surface area contributed by atoms with Crippen LogP contribution in [0.15, 0.2) is 58.0 Å². The smallest absolute Gasteiger partial charge is 0.287 e. The number of nitrogens with zero attached hydrogens (tertiary/aromatic N) is 5. The Morgan fingerprint density at radius 3 is 2.67 bits per heavy atom. The SMILES string of the molecule is CCN1CCN(CCNC(=O)c2ccc(Cn3c(=O)c4cccn4c4cccnc43)o2)CC1. The Bertz CT molecular complexity index is 1330. The number of hydrogen-bond donors (Lipinski definition) is 1. The maximum Gasteiger partial charge on any atom is 0.287 e. The van der Waals surface area contributed by atoms with Crippen LogP contribution < -0.4 is 10.9 Å². The van der Waals surface area contributed by atoms with Crippen LogP contribution in [-0.4, -0.2) is 75.5 Å². The van der Waals surface area contributed by atoms with Crippen LogP contribution in [-0.2, 0) is 6.54 Å². The molecule has 5 heterocycles. The number of hydrogen-bond acceptors (Lipinski definition) is 6. The molecule has 0 bridgehead atoms. The molecule has 4 aromatic rings. The fourth-order valence-electron chi connectivity index (χ4n) is 4.42. The van der Waals surface area contributed by atoms with Crippen LogP contribution in [0.3, 0.4) is 0 Å². The van der Waals surface area contributed by atoms with Crippen molar-refractivity contribution in [3.63, 3.8) is 0 Å². The molecule has 1 N–H and O–H groups in total. The van der Waals surface area contributed by atoms with E-state index >= 15 is 0 Å². The molecule has 1 aliphatic heterocycles. The Morgan fingerprint density at radius 2 is 1.85 bits per heavy atom. The van der Waals surface area contributed by atoms with Crippen LogP contribution >= 0.6 is 0 Å². The maximum absolute atomic E-state index is 13.1. The van der Waals surface area contributed by atoms with Crippen molar-refractivity contribution in [2.24, 2.45) is 0 Å². The highest BCUT2D eigenvalue weighted by Crippen LogP contribution is 2.16. The van der Waals surface area contributed by atoms with Gasteiger partial charge in [-0.05, 0) is 42.9 Å². The number of aromatic nitrogens is 3. The predicted octanol–water partition coefficient (Wildman–Crippen LogP) is 1.66. The Morgan fingerprint density at radius 1 is 1.06 bits per heavy atom. The van der Waals surface area contributed by atoms with Gasteiger partial charge in [-0.15, -0.1) is 0 Å². The summed E-state index contributed by atoms with van der Waals surface area (Å²) in [5.41, 5.74) is 1.81. The van der Waals surface area contributed by atoms with Gasteiger partial charge in [0, 0.05) is 51.7 Å². The summed E-state index contributed by atoms with van der Waals surface area (Å²) in [6.45, 7) is 9.05. The van der Waals surface area contributed by atoms with E-state index in [-0.39, 0.29) is 23.8 Å². The quantitative estimate of drug-likeness (QED) is 0.463. The van der Waals surface area contributed by atoms with Crippen molar-refractivity contribution < 1.29 is 9.21 Å². The molecule has 0 unspecified atom stereocenters. The van der Waals surface area contributed by atoms with Gasteiger partial charge in [0.25, 0.3) is 11.5 Å². The molecule has 1 amide bonds. The van der Waals surface area contributed by atoms with E-state index in [0.29, 0.717) is 23.5 Å². The molecule has 0 aromatic carbocycles.